The maximum atomic E-state index is 13.0. The Morgan fingerprint density at radius 1 is 1.38 bits per heavy atom. The molecule has 0 unspecified atom stereocenters. The fourth-order valence-corrected chi connectivity index (χ4v) is 3.41. The Bertz CT molecular complexity index is 521. The Labute approximate surface area is 132 Å². The van der Waals surface area contributed by atoms with Crippen molar-refractivity contribution in [3.05, 3.63) is 35.9 Å². The van der Waals surface area contributed by atoms with Crippen LogP contribution in [-0.4, -0.2) is 21.8 Å². The summed E-state index contributed by atoms with van der Waals surface area (Å²) in [6.07, 6.45) is 1.55. The molecule has 1 aliphatic rings. The summed E-state index contributed by atoms with van der Waals surface area (Å²) in [4.78, 5) is 15.3. The van der Waals surface area contributed by atoms with E-state index in [1.807, 2.05) is 49.1 Å². The van der Waals surface area contributed by atoms with Crippen molar-refractivity contribution >= 4 is 23.1 Å². The lowest BCUT2D eigenvalue weighted by atomic mass is 9.61. The van der Waals surface area contributed by atoms with Gasteiger partial charge >= 0.3 is 0 Å². The fraction of sp³-hybridized carbons (Fsp3) is 0.529. The van der Waals surface area contributed by atoms with Crippen molar-refractivity contribution in [2.75, 3.05) is 0 Å². The molecule has 0 radical (unpaired) electrons. The molecule has 1 aromatic carbocycles. The number of thiocarbonyl (C=S) groups is 1. The summed E-state index contributed by atoms with van der Waals surface area (Å²) in [5, 5.41) is 0. The molecule has 0 bridgehead atoms. The predicted molar refractivity (Wildman–Crippen MR) is 89.7 cm³/mol. The predicted octanol–water partition coefficient (Wildman–Crippen LogP) is 3.13. The molecule has 0 aromatic heterocycles. The van der Waals surface area contributed by atoms with E-state index in [0.29, 0.717) is 17.5 Å². The quantitative estimate of drug-likeness (QED) is 0.850. The molecule has 0 aliphatic heterocycles. The van der Waals surface area contributed by atoms with Crippen LogP contribution < -0.4 is 5.73 Å². The van der Waals surface area contributed by atoms with Crippen molar-refractivity contribution in [2.45, 2.75) is 46.2 Å². The zero-order chi connectivity index (χ0) is 15.6. The van der Waals surface area contributed by atoms with E-state index in [-0.39, 0.29) is 11.9 Å². The standard InChI is InChI=1S/C17H24N2OS/c1-12(2)19(11-14-7-5-4-6-8-14)16(20)17(15(18)21)9-13(3)10-17/h4-8,12-13H,9-11H2,1-3H3,(H2,18,21). The van der Waals surface area contributed by atoms with Gasteiger partial charge in [-0.1, -0.05) is 49.5 Å². The molecule has 1 fully saturated rings. The first-order valence-electron chi connectivity index (χ1n) is 7.51. The summed E-state index contributed by atoms with van der Waals surface area (Å²) in [5.74, 6) is 0.605. The van der Waals surface area contributed by atoms with Gasteiger partial charge in [0.25, 0.3) is 0 Å². The van der Waals surface area contributed by atoms with Gasteiger partial charge in [-0.15, -0.1) is 0 Å². The Morgan fingerprint density at radius 2 is 1.95 bits per heavy atom. The van der Waals surface area contributed by atoms with Gasteiger partial charge in [-0.25, -0.2) is 0 Å². The lowest BCUT2D eigenvalue weighted by molar-refractivity contribution is -0.146. The van der Waals surface area contributed by atoms with E-state index in [0.717, 1.165) is 18.4 Å². The topological polar surface area (TPSA) is 46.3 Å². The highest BCUT2D eigenvalue weighted by Crippen LogP contribution is 2.47. The molecule has 1 aliphatic carbocycles. The number of benzene rings is 1. The molecular weight excluding hydrogens is 280 g/mol. The third-order valence-electron chi connectivity index (χ3n) is 4.35. The maximum Gasteiger partial charge on any atom is 0.236 e. The zero-order valence-corrected chi connectivity index (χ0v) is 13.8. The molecule has 1 saturated carbocycles. The van der Waals surface area contributed by atoms with Crippen molar-refractivity contribution in [2.24, 2.45) is 17.1 Å². The lowest BCUT2D eigenvalue weighted by Gasteiger charge is -2.47. The molecule has 0 saturated heterocycles. The van der Waals surface area contributed by atoms with Crippen molar-refractivity contribution < 1.29 is 4.79 Å². The van der Waals surface area contributed by atoms with Crippen LogP contribution in [0, 0.1) is 11.3 Å². The second kappa shape index (κ2) is 6.14. The molecule has 0 spiro atoms. The minimum atomic E-state index is -0.617. The van der Waals surface area contributed by atoms with E-state index in [4.69, 9.17) is 18.0 Å². The van der Waals surface area contributed by atoms with Gasteiger partial charge in [-0.3, -0.25) is 4.79 Å². The van der Waals surface area contributed by atoms with Gasteiger partial charge < -0.3 is 10.6 Å². The van der Waals surface area contributed by atoms with Crippen molar-refractivity contribution in [1.29, 1.82) is 0 Å². The Kier molecular flexibility index (Phi) is 4.67. The highest BCUT2D eigenvalue weighted by molar-refractivity contribution is 7.80. The number of hydrogen-bond acceptors (Lipinski definition) is 2. The summed E-state index contributed by atoms with van der Waals surface area (Å²) >= 11 is 5.21. The Morgan fingerprint density at radius 3 is 2.38 bits per heavy atom. The second-order valence-corrected chi connectivity index (χ2v) is 6.91. The number of nitrogens with two attached hydrogens (primary N) is 1. The highest BCUT2D eigenvalue weighted by atomic mass is 32.1. The maximum absolute atomic E-state index is 13.0. The molecule has 2 N–H and O–H groups in total. The molecular formula is C17H24N2OS. The van der Waals surface area contributed by atoms with Gasteiger partial charge in [0, 0.05) is 12.6 Å². The molecule has 1 aromatic rings. The molecule has 3 nitrogen and oxygen atoms in total. The smallest absolute Gasteiger partial charge is 0.236 e. The summed E-state index contributed by atoms with van der Waals surface area (Å²) in [6.45, 7) is 6.82. The monoisotopic (exact) mass is 304 g/mol. The third-order valence-corrected chi connectivity index (χ3v) is 4.75. The van der Waals surface area contributed by atoms with Gasteiger partial charge in [0.2, 0.25) is 5.91 Å². The van der Waals surface area contributed by atoms with Gasteiger partial charge in [0.1, 0.15) is 0 Å². The minimum Gasteiger partial charge on any atom is -0.392 e. The Balaban J connectivity index is 2.22. The summed E-state index contributed by atoms with van der Waals surface area (Å²) in [7, 11) is 0. The number of carbonyl (C=O) groups is 1. The first-order chi connectivity index (χ1) is 9.86. The number of carbonyl (C=O) groups excluding carboxylic acids is 1. The molecule has 114 valence electrons. The minimum absolute atomic E-state index is 0.0898. The van der Waals surface area contributed by atoms with Crippen LogP contribution in [0.2, 0.25) is 0 Å². The fourth-order valence-electron chi connectivity index (χ4n) is 3.16. The number of amides is 1. The summed E-state index contributed by atoms with van der Waals surface area (Å²) in [5.41, 5.74) is 6.42. The van der Waals surface area contributed by atoms with Crippen molar-refractivity contribution in [3.8, 4) is 0 Å². The van der Waals surface area contributed by atoms with E-state index in [1.54, 1.807) is 0 Å². The van der Waals surface area contributed by atoms with Gasteiger partial charge in [0.05, 0.1) is 10.4 Å². The van der Waals surface area contributed by atoms with E-state index < -0.39 is 5.41 Å². The van der Waals surface area contributed by atoms with Crippen LogP contribution in [0.25, 0.3) is 0 Å². The lowest BCUT2D eigenvalue weighted by Crippen LogP contribution is -2.58. The second-order valence-electron chi connectivity index (χ2n) is 6.47. The van der Waals surface area contributed by atoms with Gasteiger partial charge in [-0.2, -0.15) is 0 Å². The van der Waals surface area contributed by atoms with Crippen LogP contribution in [0.4, 0.5) is 0 Å². The molecule has 21 heavy (non-hydrogen) atoms. The number of rotatable bonds is 5. The van der Waals surface area contributed by atoms with E-state index >= 15 is 0 Å². The zero-order valence-electron chi connectivity index (χ0n) is 13.0. The van der Waals surface area contributed by atoms with Crippen LogP contribution in [0.3, 0.4) is 0 Å². The molecule has 1 amide bonds. The van der Waals surface area contributed by atoms with Crippen molar-refractivity contribution in [3.63, 3.8) is 0 Å². The highest BCUT2D eigenvalue weighted by Gasteiger charge is 2.52. The Hall–Kier alpha value is -1.42. The average Bonchev–Trinajstić information content (AvgIpc) is 2.40. The van der Waals surface area contributed by atoms with E-state index in [1.165, 1.54) is 0 Å². The normalized spacial score (nSPS) is 24.5. The molecule has 2 rings (SSSR count). The van der Waals surface area contributed by atoms with E-state index in [2.05, 4.69) is 6.92 Å². The van der Waals surface area contributed by atoms with E-state index in [9.17, 15) is 4.79 Å². The average molecular weight is 304 g/mol. The van der Waals surface area contributed by atoms with Crippen LogP contribution >= 0.6 is 12.2 Å². The van der Waals surface area contributed by atoms with Crippen LogP contribution in [0.1, 0.15) is 39.2 Å². The first-order valence-corrected chi connectivity index (χ1v) is 7.92. The van der Waals surface area contributed by atoms with Crippen LogP contribution in [0.15, 0.2) is 30.3 Å². The van der Waals surface area contributed by atoms with Crippen molar-refractivity contribution in [1.82, 2.24) is 4.90 Å². The number of nitrogens with zero attached hydrogens (tertiary/aromatic N) is 1. The SMILES string of the molecule is CC1CC(C(=O)N(Cc2ccccc2)C(C)C)(C(N)=S)C1. The first kappa shape index (κ1) is 16.0. The summed E-state index contributed by atoms with van der Waals surface area (Å²) < 4.78 is 0. The van der Waals surface area contributed by atoms with Crippen LogP contribution in [0.5, 0.6) is 0 Å². The molecule has 0 heterocycles. The van der Waals surface area contributed by atoms with Gasteiger partial charge in [0.15, 0.2) is 0 Å². The summed E-state index contributed by atoms with van der Waals surface area (Å²) in [6, 6.07) is 10.2. The third kappa shape index (κ3) is 3.10. The largest absolute Gasteiger partial charge is 0.392 e. The molecule has 0 atom stereocenters. The number of hydrogen-bond donors (Lipinski definition) is 1. The van der Waals surface area contributed by atoms with Gasteiger partial charge in [-0.05, 0) is 38.2 Å². The van der Waals surface area contributed by atoms with Crippen LogP contribution in [-0.2, 0) is 11.3 Å². The molecule has 4 heteroatoms.